The predicted octanol–water partition coefficient (Wildman–Crippen LogP) is 5.20. The lowest BCUT2D eigenvalue weighted by atomic mass is 9.84. The molecule has 12 heteroatoms. The number of hydrogen-bond donors (Lipinski definition) is 3. The van der Waals surface area contributed by atoms with Crippen LogP contribution in [0.2, 0.25) is 0 Å². The third-order valence-corrected chi connectivity index (χ3v) is 8.45. The maximum atomic E-state index is 13.5. The normalized spacial score (nSPS) is 15.0. The topological polar surface area (TPSA) is 144 Å². The van der Waals surface area contributed by atoms with Crippen molar-refractivity contribution >= 4 is 33.2 Å². The third kappa shape index (κ3) is 7.92. The van der Waals surface area contributed by atoms with Gasteiger partial charge >= 0.3 is 0 Å². The van der Waals surface area contributed by atoms with E-state index in [1.165, 1.54) is 31.1 Å². The van der Waals surface area contributed by atoms with Crippen molar-refractivity contribution in [1.29, 1.82) is 0 Å². The van der Waals surface area contributed by atoms with Crippen LogP contribution in [0, 0.1) is 12.8 Å². The number of methoxy groups -OCH3 is 1. The summed E-state index contributed by atoms with van der Waals surface area (Å²) in [6, 6.07) is 8.66. The molecule has 0 saturated heterocycles. The van der Waals surface area contributed by atoms with Crippen LogP contribution in [0.3, 0.4) is 0 Å². The average molecular weight is 611 g/mol. The van der Waals surface area contributed by atoms with Crippen LogP contribution in [0.1, 0.15) is 91.8 Å². The van der Waals surface area contributed by atoms with Crippen molar-refractivity contribution in [3.8, 4) is 11.4 Å². The lowest BCUT2D eigenvalue weighted by molar-refractivity contribution is 0.0913. The molecule has 1 aromatic heterocycles. The molecule has 43 heavy (non-hydrogen) atoms. The molecule has 11 nitrogen and oxygen atoms in total. The molecule has 1 aliphatic carbocycles. The number of amides is 2. The Morgan fingerprint density at radius 3 is 2.35 bits per heavy atom. The summed E-state index contributed by atoms with van der Waals surface area (Å²) in [4.78, 5) is 26.4. The van der Waals surface area contributed by atoms with Crippen molar-refractivity contribution in [2.45, 2.75) is 78.2 Å². The minimum Gasteiger partial charge on any atom is -0.492 e. The number of anilines is 2. The van der Waals surface area contributed by atoms with Gasteiger partial charge in [0.25, 0.3) is 11.8 Å². The van der Waals surface area contributed by atoms with Crippen molar-refractivity contribution in [1.82, 2.24) is 20.3 Å². The van der Waals surface area contributed by atoms with E-state index >= 15 is 0 Å². The Labute approximate surface area is 253 Å². The lowest BCUT2D eigenvalue weighted by Crippen LogP contribution is -2.39. The monoisotopic (exact) mass is 610 g/mol. The Bertz CT molecular complexity index is 1600. The van der Waals surface area contributed by atoms with Crippen LogP contribution in [0.4, 0.5) is 11.4 Å². The van der Waals surface area contributed by atoms with E-state index in [1.807, 2.05) is 34.6 Å². The van der Waals surface area contributed by atoms with Gasteiger partial charge in [0.1, 0.15) is 0 Å². The minimum absolute atomic E-state index is 0.0497. The number of carbonyl (C=O) groups excluding carboxylic acids is 2. The van der Waals surface area contributed by atoms with Gasteiger partial charge in [-0.3, -0.25) is 14.3 Å². The molecule has 1 fully saturated rings. The number of nitrogens with one attached hydrogen (secondary N) is 3. The first-order valence-electron chi connectivity index (χ1n) is 14.5. The molecule has 1 unspecified atom stereocenters. The summed E-state index contributed by atoms with van der Waals surface area (Å²) in [7, 11) is -2.20. The standard InChI is InChI=1S/C31H42N6O5S/c1-19-13-14-22(15-27(19)37-18-26(34-36-37)30(39)32-20(2)21-11-9-8-10-12-21)29(38)33-24-16-23(31(3,4)5)17-25(28(24)42-6)35-43(7,40)41/h13-18,20-21,35H,8-12H2,1-7H3,(H,32,39)(H,33,38). The van der Waals surface area contributed by atoms with Gasteiger partial charge in [0.2, 0.25) is 10.0 Å². The van der Waals surface area contributed by atoms with E-state index in [2.05, 4.69) is 25.7 Å². The fourth-order valence-electron chi connectivity index (χ4n) is 5.36. The number of hydrogen-bond acceptors (Lipinski definition) is 7. The number of nitrogens with zero attached hydrogens (tertiary/aromatic N) is 3. The maximum Gasteiger partial charge on any atom is 0.273 e. The van der Waals surface area contributed by atoms with Gasteiger partial charge in [-0.25, -0.2) is 13.1 Å². The van der Waals surface area contributed by atoms with Gasteiger partial charge in [-0.1, -0.05) is 51.3 Å². The summed E-state index contributed by atoms with van der Waals surface area (Å²) in [6.45, 7) is 9.88. The Balaban J connectivity index is 1.59. The molecule has 1 heterocycles. The molecule has 3 aromatic rings. The van der Waals surface area contributed by atoms with Crippen LogP contribution in [0.25, 0.3) is 5.69 Å². The second kappa shape index (κ2) is 12.7. The van der Waals surface area contributed by atoms with E-state index in [4.69, 9.17) is 4.74 Å². The molecule has 3 N–H and O–H groups in total. The number of carbonyl (C=O) groups is 2. The van der Waals surface area contributed by atoms with Crippen molar-refractivity contribution in [3.05, 3.63) is 58.9 Å². The van der Waals surface area contributed by atoms with E-state index in [9.17, 15) is 18.0 Å². The second-order valence-corrected chi connectivity index (χ2v) is 14.1. The quantitative estimate of drug-likeness (QED) is 0.302. The van der Waals surface area contributed by atoms with E-state index in [0.29, 0.717) is 22.9 Å². The van der Waals surface area contributed by atoms with Crippen LogP contribution in [-0.2, 0) is 15.4 Å². The number of benzene rings is 2. The molecule has 1 aliphatic rings. The van der Waals surface area contributed by atoms with Gasteiger partial charge in [-0.2, -0.15) is 0 Å². The highest BCUT2D eigenvalue weighted by atomic mass is 32.2. The van der Waals surface area contributed by atoms with E-state index in [-0.39, 0.29) is 34.5 Å². The smallest absolute Gasteiger partial charge is 0.273 e. The minimum atomic E-state index is -3.61. The molecule has 1 atom stereocenters. The van der Waals surface area contributed by atoms with Crippen LogP contribution in [0.15, 0.2) is 36.5 Å². The van der Waals surface area contributed by atoms with Crippen LogP contribution in [0.5, 0.6) is 5.75 Å². The molecular weight excluding hydrogens is 568 g/mol. The van der Waals surface area contributed by atoms with Crippen molar-refractivity contribution in [2.75, 3.05) is 23.4 Å². The predicted molar refractivity (Wildman–Crippen MR) is 168 cm³/mol. The zero-order valence-corrected chi connectivity index (χ0v) is 26.8. The van der Waals surface area contributed by atoms with Gasteiger partial charge < -0.3 is 15.4 Å². The van der Waals surface area contributed by atoms with Crippen LogP contribution < -0.4 is 20.1 Å². The highest BCUT2D eigenvalue weighted by molar-refractivity contribution is 7.92. The number of aromatic nitrogens is 3. The first kappa shape index (κ1) is 32.0. The fourth-order valence-corrected chi connectivity index (χ4v) is 5.91. The molecule has 4 rings (SSSR count). The van der Waals surface area contributed by atoms with E-state index in [1.54, 1.807) is 36.5 Å². The summed E-state index contributed by atoms with van der Waals surface area (Å²) >= 11 is 0. The molecule has 1 saturated carbocycles. The zero-order chi connectivity index (χ0) is 31.5. The number of sulfonamides is 1. The number of ether oxygens (including phenoxy) is 1. The molecule has 0 aliphatic heterocycles. The van der Waals surface area contributed by atoms with Gasteiger partial charge in [-0.05, 0) is 73.4 Å². The maximum absolute atomic E-state index is 13.5. The zero-order valence-electron chi connectivity index (χ0n) is 25.9. The Hall–Kier alpha value is -3.93. The highest BCUT2D eigenvalue weighted by Gasteiger charge is 2.25. The lowest BCUT2D eigenvalue weighted by Gasteiger charge is -2.27. The molecule has 0 radical (unpaired) electrons. The summed E-state index contributed by atoms with van der Waals surface area (Å²) in [5, 5.41) is 14.2. The average Bonchev–Trinajstić information content (AvgIpc) is 3.42. The molecule has 0 spiro atoms. The third-order valence-electron chi connectivity index (χ3n) is 7.86. The number of rotatable bonds is 9. The fraction of sp³-hybridized carbons (Fsp3) is 0.484. The molecule has 232 valence electrons. The molecule has 2 amide bonds. The van der Waals surface area contributed by atoms with Gasteiger partial charge in [0.15, 0.2) is 11.4 Å². The summed E-state index contributed by atoms with van der Waals surface area (Å²) in [5.74, 6) is -0.0601. The summed E-state index contributed by atoms with van der Waals surface area (Å²) < 4.78 is 33.6. The van der Waals surface area contributed by atoms with E-state index < -0.39 is 15.9 Å². The highest BCUT2D eigenvalue weighted by Crippen LogP contribution is 2.39. The summed E-state index contributed by atoms with van der Waals surface area (Å²) in [5.41, 5.74) is 2.95. The largest absolute Gasteiger partial charge is 0.492 e. The Kier molecular flexibility index (Phi) is 9.48. The van der Waals surface area contributed by atoms with Gasteiger partial charge in [-0.15, -0.1) is 5.10 Å². The molecule has 2 aromatic carbocycles. The molecular formula is C31H42N6O5S. The van der Waals surface area contributed by atoms with Crippen molar-refractivity contribution < 1.29 is 22.7 Å². The van der Waals surface area contributed by atoms with Crippen LogP contribution >= 0.6 is 0 Å². The Morgan fingerprint density at radius 1 is 1.05 bits per heavy atom. The van der Waals surface area contributed by atoms with E-state index in [0.717, 1.165) is 30.2 Å². The van der Waals surface area contributed by atoms with Gasteiger partial charge in [0, 0.05) is 11.6 Å². The first-order valence-corrected chi connectivity index (χ1v) is 16.4. The first-order chi connectivity index (χ1) is 20.2. The van der Waals surface area contributed by atoms with Crippen molar-refractivity contribution in [2.24, 2.45) is 5.92 Å². The SMILES string of the molecule is COc1c(NC(=O)c2ccc(C)c(-n3cc(C(=O)NC(C)C4CCCCC4)nn3)c2)cc(C(C)(C)C)cc1NS(C)(=O)=O. The molecule has 0 bridgehead atoms. The Morgan fingerprint density at radius 2 is 1.72 bits per heavy atom. The summed E-state index contributed by atoms with van der Waals surface area (Å²) in [6.07, 6.45) is 8.48. The number of aryl methyl sites for hydroxylation is 1. The second-order valence-electron chi connectivity index (χ2n) is 12.4. The van der Waals surface area contributed by atoms with Crippen molar-refractivity contribution in [3.63, 3.8) is 0 Å². The van der Waals surface area contributed by atoms with Gasteiger partial charge in [0.05, 0.1) is 36.6 Å². The van der Waals surface area contributed by atoms with Crippen LogP contribution in [-0.4, -0.2) is 54.6 Å².